The topological polar surface area (TPSA) is 61.4 Å². The van der Waals surface area contributed by atoms with Crippen LogP contribution in [0.5, 0.6) is 0 Å². The van der Waals surface area contributed by atoms with Crippen molar-refractivity contribution in [1.29, 1.82) is 0 Å². The lowest BCUT2D eigenvalue weighted by Gasteiger charge is -2.21. The third kappa shape index (κ3) is 4.57. The van der Waals surface area contributed by atoms with Crippen molar-refractivity contribution >= 4 is 21.4 Å². The van der Waals surface area contributed by atoms with Crippen LogP contribution in [0.15, 0.2) is 18.2 Å². The third-order valence-electron chi connectivity index (χ3n) is 3.58. The quantitative estimate of drug-likeness (QED) is 0.873. The number of hydrogen-bond acceptors (Lipinski definition) is 4. The van der Waals surface area contributed by atoms with E-state index >= 15 is 0 Å². The first kappa shape index (κ1) is 16.0. The summed E-state index contributed by atoms with van der Waals surface area (Å²) in [6, 6.07) is 5.19. The molecular formula is C14H22FN3O2S. The molecule has 2 N–H and O–H groups in total. The zero-order valence-electron chi connectivity index (χ0n) is 12.6. The van der Waals surface area contributed by atoms with E-state index in [-0.39, 0.29) is 5.69 Å². The van der Waals surface area contributed by atoms with Crippen LogP contribution in [0.4, 0.5) is 15.8 Å². The molecule has 1 saturated heterocycles. The molecule has 1 fully saturated rings. The van der Waals surface area contributed by atoms with Crippen LogP contribution in [0, 0.1) is 5.82 Å². The molecule has 1 unspecified atom stereocenters. The molecule has 0 amide bonds. The summed E-state index contributed by atoms with van der Waals surface area (Å²) < 4.78 is 38.3. The largest absolute Gasteiger partial charge is 0.381 e. The molecular weight excluding hydrogens is 293 g/mol. The van der Waals surface area contributed by atoms with Gasteiger partial charge >= 0.3 is 0 Å². The Kier molecular flexibility index (Phi) is 4.73. The highest BCUT2D eigenvalue weighted by atomic mass is 32.2. The lowest BCUT2D eigenvalue weighted by molar-refractivity contribution is 0.274. The van der Waals surface area contributed by atoms with Crippen LogP contribution >= 0.6 is 0 Å². The number of rotatable bonds is 5. The fraction of sp³-hybridized carbons (Fsp3) is 0.571. The van der Waals surface area contributed by atoms with E-state index in [1.807, 2.05) is 0 Å². The SMILES string of the molecule is CC(C)N1CCC(Nc2ccc(F)c(NS(C)(=O)=O)c2)C1. The summed E-state index contributed by atoms with van der Waals surface area (Å²) in [5.74, 6) is -0.582. The molecule has 0 spiro atoms. The van der Waals surface area contributed by atoms with E-state index in [4.69, 9.17) is 0 Å². The van der Waals surface area contributed by atoms with Crippen molar-refractivity contribution in [3.63, 3.8) is 0 Å². The van der Waals surface area contributed by atoms with Crippen molar-refractivity contribution in [1.82, 2.24) is 4.90 Å². The number of likely N-dealkylation sites (tertiary alicyclic amines) is 1. The summed E-state index contributed by atoms with van der Waals surface area (Å²) in [5.41, 5.74) is 0.694. The van der Waals surface area contributed by atoms with E-state index in [0.717, 1.165) is 31.5 Å². The molecule has 118 valence electrons. The van der Waals surface area contributed by atoms with E-state index in [1.54, 1.807) is 6.07 Å². The van der Waals surface area contributed by atoms with Crippen molar-refractivity contribution in [2.45, 2.75) is 32.4 Å². The third-order valence-corrected chi connectivity index (χ3v) is 4.17. The van der Waals surface area contributed by atoms with Crippen molar-refractivity contribution < 1.29 is 12.8 Å². The fourth-order valence-electron chi connectivity index (χ4n) is 2.50. The van der Waals surface area contributed by atoms with Crippen LogP contribution in [-0.2, 0) is 10.0 Å². The number of benzene rings is 1. The smallest absolute Gasteiger partial charge is 0.229 e. The van der Waals surface area contributed by atoms with Crippen LogP contribution in [0.25, 0.3) is 0 Å². The average molecular weight is 315 g/mol. The minimum absolute atomic E-state index is 0.0267. The normalized spacial score (nSPS) is 20.0. The summed E-state index contributed by atoms with van der Waals surface area (Å²) in [6.45, 7) is 6.29. The van der Waals surface area contributed by atoms with E-state index in [2.05, 4.69) is 28.8 Å². The van der Waals surface area contributed by atoms with Crippen molar-refractivity contribution in [3.8, 4) is 0 Å². The second kappa shape index (κ2) is 6.19. The van der Waals surface area contributed by atoms with Gasteiger partial charge in [-0.25, -0.2) is 12.8 Å². The Balaban J connectivity index is 2.06. The van der Waals surface area contributed by atoms with Crippen molar-refractivity contribution in [3.05, 3.63) is 24.0 Å². The van der Waals surface area contributed by atoms with Gasteiger partial charge in [-0.2, -0.15) is 0 Å². The van der Waals surface area contributed by atoms with Gasteiger partial charge < -0.3 is 5.32 Å². The summed E-state index contributed by atoms with van der Waals surface area (Å²) in [4.78, 5) is 2.37. The van der Waals surface area contributed by atoms with E-state index in [1.165, 1.54) is 12.1 Å². The highest BCUT2D eigenvalue weighted by Gasteiger charge is 2.24. The lowest BCUT2D eigenvalue weighted by Crippen LogP contribution is -2.31. The number of nitrogens with zero attached hydrogens (tertiary/aromatic N) is 1. The Morgan fingerprint density at radius 2 is 2.10 bits per heavy atom. The standard InChI is InChI=1S/C14H22FN3O2S/c1-10(2)18-7-6-12(9-18)16-11-4-5-13(15)14(8-11)17-21(3,19)20/h4-5,8,10,12,16-17H,6-7,9H2,1-3H3. The van der Waals surface area contributed by atoms with Gasteiger partial charge in [0.15, 0.2) is 0 Å². The monoisotopic (exact) mass is 315 g/mol. The molecule has 1 aromatic rings. The lowest BCUT2D eigenvalue weighted by atomic mass is 10.2. The molecule has 1 heterocycles. The number of halogens is 1. The first-order chi connectivity index (χ1) is 9.74. The van der Waals surface area contributed by atoms with Gasteiger partial charge in [-0.3, -0.25) is 9.62 Å². The number of sulfonamides is 1. The molecule has 0 bridgehead atoms. The highest BCUT2D eigenvalue weighted by molar-refractivity contribution is 7.92. The van der Waals surface area contributed by atoms with Gasteiger partial charge in [0.25, 0.3) is 0 Å². The van der Waals surface area contributed by atoms with Gasteiger partial charge in [0.05, 0.1) is 11.9 Å². The Morgan fingerprint density at radius 3 is 2.67 bits per heavy atom. The second-order valence-electron chi connectivity index (χ2n) is 5.79. The van der Waals surface area contributed by atoms with Crippen LogP contribution in [0.1, 0.15) is 20.3 Å². The maximum absolute atomic E-state index is 13.6. The van der Waals surface area contributed by atoms with Gasteiger partial charge in [-0.1, -0.05) is 0 Å². The zero-order valence-corrected chi connectivity index (χ0v) is 13.4. The molecule has 21 heavy (non-hydrogen) atoms. The van der Waals surface area contributed by atoms with E-state index < -0.39 is 15.8 Å². The van der Waals surface area contributed by atoms with Gasteiger partial charge in [0.2, 0.25) is 10.0 Å². The van der Waals surface area contributed by atoms with E-state index in [0.29, 0.717) is 12.1 Å². The molecule has 0 aliphatic carbocycles. The molecule has 1 aliphatic heterocycles. The number of anilines is 2. The zero-order chi connectivity index (χ0) is 15.6. The van der Waals surface area contributed by atoms with Crippen molar-refractivity contribution in [2.24, 2.45) is 0 Å². The molecule has 0 aromatic heterocycles. The number of nitrogens with one attached hydrogen (secondary N) is 2. The fourth-order valence-corrected chi connectivity index (χ4v) is 3.06. The Morgan fingerprint density at radius 1 is 1.38 bits per heavy atom. The highest BCUT2D eigenvalue weighted by Crippen LogP contribution is 2.23. The van der Waals surface area contributed by atoms with Crippen LogP contribution in [0.3, 0.4) is 0 Å². The summed E-state index contributed by atoms with van der Waals surface area (Å²) in [6.07, 6.45) is 2.02. The molecule has 1 aromatic carbocycles. The van der Waals surface area contributed by atoms with Crippen LogP contribution in [0.2, 0.25) is 0 Å². The maximum Gasteiger partial charge on any atom is 0.229 e. The first-order valence-electron chi connectivity index (χ1n) is 7.02. The van der Waals surface area contributed by atoms with Gasteiger partial charge in [0, 0.05) is 30.9 Å². The molecule has 2 rings (SSSR count). The predicted octanol–water partition coefficient (Wildman–Crippen LogP) is 2.09. The molecule has 5 nitrogen and oxygen atoms in total. The molecule has 0 radical (unpaired) electrons. The van der Waals surface area contributed by atoms with Gasteiger partial charge in [-0.15, -0.1) is 0 Å². The molecule has 1 aliphatic rings. The summed E-state index contributed by atoms with van der Waals surface area (Å²) in [7, 11) is -3.49. The summed E-state index contributed by atoms with van der Waals surface area (Å²) >= 11 is 0. The molecule has 1 atom stereocenters. The molecule has 0 saturated carbocycles. The average Bonchev–Trinajstić information content (AvgIpc) is 2.80. The first-order valence-corrected chi connectivity index (χ1v) is 8.91. The van der Waals surface area contributed by atoms with Crippen LogP contribution in [-0.4, -0.2) is 44.7 Å². The second-order valence-corrected chi connectivity index (χ2v) is 7.54. The summed E-state index contributed by atoms with van der Waals surface area (Å²) in [5, 5.41) is 3.34. The van der Waals surface area contributed by atoms with Crippen LogP contribution < -0.4 is 10.0 Å². The van der Waals surface area contributed by atoms with E-state index in [9.17, 15) is 12.8 Å². The Bertz CT molecular complexity index is 604. The predicted molar refractivity (Wildman–Crippen MR) is 83.6 cm³/mol. The van der Waals surface area contributed by atoms with Crippen molar-refractivity contribution in [2.75, 3.05) is 29.4 Å². The van der Waals surface area contributed by atoms with Gasteiger partial charge in [-0.05, 0) is 38.5 Å². The van der Waals surface area contributed by atoms with Gasteiger partial charge in [0.1, 0.15) is 5.82 Å². The minimum Gasteiger partial charge on any atom is -0.381 e. The maximum atomic E-state index is 13.6. The Labute approximate surface area is 125 Å². The minimum atomic E-state index is -3.49. The number of hydrogen-bond donors (Lipinski definition) is 2. The molecule has 7 heteroatoms. The Hall–Kier alpha value is -1.34.